The van der Waals surface area contributed by atoms with Gasteiger partial charge in [0.15, 0.2) is 5.82 Å². The van der Waals surface area contributed by atoms with Crippen LogP contribution < -0.4 is 11.0 Å². The van der Waals surface area contributed by atoms with Crippen molar-refractivity contribution in [2.24, 2.45) is 0 Å². The third-order valence-electron chi connectivity index (χ3n) is 3.81. The van der Waals surface area contributed by atoms with Gasteiger partial charge in [0.05, 0.1) is 5.69 Å². The van der Waals surface area contributed by atoms with Crippen LogP contribution in [0.1, 0.15) is 32.0 Å². The molecule has 0 aliphatic carbocycles. The van der Waals surface area contributed by atoms with Crippen LogP contribution in [-0.2, 0) is 11.8 Å². The number of H-pyrrole nitrogens is 1. The van der Waals surface area contributed by atoms with Crippen molar-refractivity contribution in [1.82, 2.24) is 19.6 Å². The van der Waals surface area contributed by atoms with Gasteiger partial charge in [0.1, 0.15) is 5.75 Å². The number of fused-ring (bicyclic) bond motifs is 1. The minimum Gasteiger partial charge on any atom is -0.508 e. The number of nitrogens with zero attached hydrogens (tertiary/aromatic N) is 3. The summed E-state index contributed by atoms with van der Waals surface area (Å²) >= 11 is 0. The Kier molecular flexibility index (Phi) is 4.01. The number of aromatic nitrogens is 4. The van der Waals surface area contributed by atoms with E-state index in [-0.39, 0.29) is 16.9 Å². The minimum atomic E-state index is -0.278. The van der Waals surface area contributed by atoms with Crippen molar-refractivity contribution in [3.8, 4) is 5.75 Å². The molecule has 3 rings (SSSR count). The summed E-state index contributed by atoms with van der Waals surface area (Å²) in [6.45, 7) is 6.79. The van der Waals surface area contributed by atoms with Crippen LogP contribution >= 0.6 is 0 Å². The highest BCUT2D eigenvalue weighted by atomic mass is 16.3. The van der Waals surface area contributed by atoms with E-state index in [0.29, 0.717) is 18.0 Å². The number of aromatic amines is 1. The van der Waals surface area contributed by atoms with Gasteiger partial charge >= 0.3 is 5.69 Å². The summed E-state index contributed by atoms with van der Waals surface area (Å²) in [5.74, 6) is 0.836. The molecule has 0 bridgehead atoms. The number of phenols is 1. The van der Waals surface area contributed by atoms with Gasteiger partial charge in [0, 0.05) is 18.2 Å². The van der Waals surface area contributed by atoms with Crippen molar-refractivity contribution < 1.29 is 5.11 Å². The summed E-state index contributed by atoms with van der Waals surface area (Å²) in [5.41, 5.74) is 1.93. The molecule has 2 aromatic heterocycles. The summed E-state index contributed by atoms with van der Waals surface area (Å²) in [7, 11) is 0. The lowest BCUT2D eigenvalue weighted by molar-refractivity contribution is 0.475. The lowest BCUT2D eigenvalue weighted by atomic mass is 9.93. The van der Waals surface area contributed by atoms with Crippen LogP contribution in [0.2, 0.25) is 0 Å². The van der Waals surface area contributed by atoms with Gasteiger partial charge in [-0.2, -0.15) is 0 Å². The number of hydrogen-bond acceptors (Lipinski definition) is 5. The van der Waals surface area contributed by atoms with Gasteiger partial charge in [-0.1, -0.05) is 32.9 Å². The fourth-order valence-electron chi connectivity index (χ4n) is 2.38. The average Bonchev–Trinajstić information content (AvgIpc) is 2.90. The van der Waals surface area contributed by atoms with Crippen LogP contribution in [0.25, 0.3) is 5.65 Å². The summed E-state index contributed by atoms with van der Waals surface area (Å²) in [5, 5.41) is 19.1. The molecule has 2 heterocycles. The second-order valence-electron chi connectivity index (χ2n) is 6.79. The molecule has 24 heavy (non-hydrogen) atoms. The molecule has 0 spiro atoms. The van der Waals surface area contributed by atoms with Crippen LogP contribution in [0, 0.1) is 0 Å². The number of rotatable bonds is 4. The Morgan fingerprint density at radius 1 is 1.25 bits per heavy atom. The smallest absolute Gasteiger partial charge is 0.347 e. The maximum atomic E-state index is 11.9. The van der Waals surface area contributed by atoms with Crippen LogP contribution in [0.15, 0.2) is 35.3 Å². The van der Waals surface area contributed by atoms with E-state index in [2.05, 4.69) is 20.5 Å². The molecule has 3 aromatic rings. The van der Waals surface area contributed by atoms with Crippen molar-refractivity contribution in [2.45, 2.75) is 32.6 Å². The van der Waals surface area contributed by atoms with E-state index in [1.54, 1.807) is 18.3 Å². The van der Waals surface area contributed by atoms with Crippen LogP contribution in [0.5, 0.6) is 5.75 Å². The topological polar surface area (TPSA) is 95.3 Å². The lowest BCUT2D eigenvalue weighted by Crippen LogP contribution is -2.20. The molecule has 0 atom stereocenters. The summed E-state index contributed by atoms with van der Waals surface area (Å²) in [6, 6.07) is 7.09. The third kappa shape index (κ3) is 3.24. The number of nitrogens with one attached hydrogen (secondary N) is 2. The molecule has 0 fully saturated rings. The number of aromatic hydroxyl groups is 1. The largest absolute Gasteiger partial charge is 0.508 e. The lowest BCUT2D eigenvalue weighted by Gasteiger charge is -2.19. The highest BCUT2D eigenvalue weighted by Crippen LogP contribution is 2.22. The van der Waals surface area contributed by atoms with E-state index in [0.717, 1.165) is 17.7 Å². The molecule has 0 aliphatic rings. The first-order valence-corrected chi connectivity index (χ1v) is 7.84. The molecule has 3 N–H and O–H groups in total. The quantitative estimate of drug-likeness (QED) is 0.682. The van der Waals surface area contributed by atoms with Gasteiger partial charge in [0.2, 0.25) is 5.65 Å². The van der Waals surface area contributed by atoms with Gasteiger partial charge in [-0.3, -0.25) is 0 Å². The zero-order valence-corrected chi connectivity index (χ0v) is 14.0. The van der Waals surface area contributed by atoms with E-state index < -0.39 is 0 Å². The SMILES string of the molecule is CC(C)(C)c1cn2c(=O)[nH]nc2c(NCCc2ccc(O)cc2)n1. The molecular formula is C17H21N5O2. The number of phenolic OH excluding ortho intramolecular Hbond substituents is 1. The number of anilines is 1. The zero-order valence-electron chi connectivity index (χ0n) is 14.0. The Labute approximate surface area is 139 Å². The van der Waals surface area contributed by atoms with Gasteiger partial charge in [-0.05, 0) is 24.1 Å². The fraction of sp³-hybridized carbons (Fsp3) is 0.353. The molecule has 0 unspecified atom stereocenters. The molecular weight excluding hydrogens is 306 g/mol. The predicted molar refractivity (Wildman–Crippen MR) is 92.6 cm³/mol. The van der Waals surface area contributed by atoms with E-state index in [4.69, 9.17) is 0 Å². The molecule has 0 saturated heterocycles. The highest BCUT2D eigenvalue weighted by molar-refractivity contribution is 5.62. The maximum Gasteiger partial charge on any atom is 0.347 e. The fourth-order valence-corrected chi connectivity index (χ4v) is 2.38. The molecule has 0 amide bonds. The first kappa shape index (κ1) is 16.0. The Morgan fingerprint density at radius 3 is 2.62 bits per heavy atom. The van der Waals surface area contributed by atoms with Gasteiger partial charge in [-0.15, -0.1) is 5.10 Å². The third-order valence-corrected chi connectivity index (χ3v) is 3.81. The number of hydrogen-bond donors (Lipinski definition) is 3. The second kappa shape index (κ2) is 5.99. The van der Waals surface area contributed by atoms with Gasteiger partial charge < -0.3 is 10.4 Å². The number of benzene rings is 1. The highest BCUT2D eigenvalue weighted by Gasteiger charge is 2.19. The van der Waals surface area contributed by atoms with Crippen molar-refractivity contribution in [1.29, 1.82) is 0 Å². The normalized spacial score (nSPS) is 11.8. The van der Waals surface area contributed by atoms with E-state index in [1.165, 1.54) is 4.40 Å². The molecule has 0 aliphatic heterocycles. The van der Waals surface area contributed by atoms with Crippen molar-refractivity contribution in [3.05, 3.63) is 52.2 Å². The minimum absolute atomic E-state index is 0.182. The first-order valence-electron chi connectivity index (χ1n) is 7.84. The standard InChI is InChI=1S/C17H21N5O2/c1-17(2,3)13-10-22-15(20-21-16(22)24)14(19-13)18-9-8-11-4-6-12(23)7-5-11/h4-7,10,23H,8-9H2,1-3H3,(H,18,19)(H,21,24). The van der Waals surface area contributed by atoms with Crippen molar-refractivity contribution in [2.75, 3.05) is 11.9 Å². The van der Waals surface area contributed by atoms with Gasteiger partial charge in [-0.25, -0.2) is 19.3 Å². The molecule has 126 valence electrons. The summed E-state index contributed by atoms with van der Waals surface area (Å²) in [4.78, 5) is 16.5. The monoisotopic (exact) mass is 327 g/mol. The van der Waals surface area contributed by atoms with Crippen LogP contribution in [0.3, 0.4) is 0 Å². The van der Waals surface area contributed by atoms with E-state index in [9.17, 15) is 9.90 Å². The van der Waals surface area contributed by atoms with E-state index in [1.807, 2.05) is 32.9 Å². The summed E-state index contributed by atoms with van der Waals surface area (Å²) < 4.78 is 1.48. The Morgan fingerprint density at radius 2 is 1.96 bits per heavy atom. The molecule has 7 heteroatoms. The molecule has 7 nitrogen and oxygen atoms in total. The van der Waals surface area contributed by atoms with E-state index >= 15 is 0 Å². The molecule has 0 saturated carbocycles. The van der Waals surface area contributed by atoms with Crippen LogP contribution in [-0.4, -0.2) is 31.2 Å². The van der Waals surface area contributed by atoms with Crippen molar-refractivity contribution >= 4 is 11.5 Å². The Balaban J connectivity index is 1.85. The maximum absolute atomic E-state index is 11.9. The zero-order chi connectivity index (χ0) is 17.3. The molecule has 1 aromatic carbocycles. The second-order valence-corrected chi connectivity index (χ2v) is 6.79. The van der Waals surface area contributed by atoms with Crippen molar-refractivity contribution in [3.63, 3.8) is 0 Å². The molecule has 0 radical (unpaired) electrons. The Hall–Kier alpha value is -2.83. The first-order chi connectivity index (χ1) is 11.3. The van der Waals surface area contributed by atoms with Crippen LogP contribution in [0.4, 0.5) is 5.82 Å². The average molecular weight is 327 g/mol. The summed E-state index contributed by atoms with van der Waals surface area (Å²) in [6.07, 6.45) is 2.49. The Bertz CT molecular complexity index is 903. The van der Waals surface area contributed by atoms with Gasteiger partial charge in [0.25, 0.3) is 0 Å². The predicted octanol–water partition coefficient (Wildman–Crippen LogP) is 2.08.